The SMILES string of the molecule is CCC(O)(CC)C(=O)C1=CCCCCC1. The maximum atomic E-state index is 12.1. The summed E-state index contributed by atoms with van der Waals surface area (Å²) in [5, 5.41) is 10.2. The Morgan fingerprint density at radius 3 is 2.60 bits per heavy atom. The normalized spacial score (nSPS) is 18.2. The van der Waals surface area contributed by atoms with Gasteiger partial charge in [-0.05, 0) is 44.1 Å². The Hall–Kier alpha value is -0.630. The fourth-order valence-corrected chi connectivity index (χ4v) is 2.09. The van der Waals surface area contributed by atoms with Gasteiger partial charge in [0.1, 0.15) is 5.60 Å². The highest BCUT2D eigenvalue weighted by Crippen LogP contribution is 2.26. The summed E-state index contributed by atoms with van der Waals surface area (Å²) in [6.45, 7) is 3.75. The fraction of sp³-hybridized carbons (Fsp3) is 0.769. The van der Waals surface area contributed by atoms with Gasteiger partial charge in [-0.25, -0.2) is 0 Å². The number of allylic oxidation sites excluding steroid dienone is 1. The molecule has 1 rings (SSSR count). The van der Waals surface area contributed by atoms with Crippen molar-refractivity contribution in [2.24, 2.45) is 0 Å². The van der Waals surface area contributed by atoms with Crippen molar-refractivity contribution in [1.82, 2.24) is 0 Å². The van der Waals surface area contributed by atoms with Crippen LogP contribution in [0.2, 0.25) is 0 Å². The quantitative estimate of drug-likeness (QED) is 0.774. The van der Waals surface area contributed by atoms with Crippen LogP contribution in [0.5, 0.6) is 0 Å². The van der Waals surface area contributed by atoms with Crippen LogP contribution in [0.25, 0.3) is 0 Å². The second kappa shape index (κ2) is 5.45. The van der Waals surface area contributed by atoms with E-state index in [0.29, 0.717) is 12.8 Å². The average Bonchev–Trinajstić information content (AvgIpc) is 2.55. The molecule has 0 atom stereocenters. The van der Waals surface area contributed by atoms with Crippen LogP contribution in [0.15, 0.2) is 11.6 Å². The van der Waals surface area contributed by atoms with Crippen molar-refractivity contribution in [2.45, 2.75) is 64.4 Å². The molecule has 0 radical (unpaired) electrons. The van der Waals surface area contributed by atoms with Crippen molar-refractivity contribution in [3.63, 3.8) is 0 Å². The monoisotopic (exact) mass is 210 g/mol. The molecule has 0 fully saturated rings. The predicted octanol–water partition coefficient (Wildman–Crippen LogP) is 3.00. The van der Waals surface area contributed by atoms with E-state index in [1.807, 2.05) is 19.9 Å². The molecule has 1 aliphatic rings. The van der Waals surface area contributed by atoms with Crippen LogP contribution in [0.1, 0.15) is 58.8 Å². The van der Waals surface area contributed by atoms with E-state index in [2.05, 4.69) is 0 Å². The number of ketones is 1. The largest absolute Gasteiger partial charge is 0.382 e. The van der Waals surface area contributed by atoms with Gasteiger partial charge < -0.3 is 5.11 Å². The lowest BCUT2D eigenvalue weighted by molar-refractivity contribution is -0.134. The fourth-order valence-electron chi connectivity index (χ4n) is 2.09. The lowest BCUT2D eigenvalue weighted by Crippen LogP contribution is -2.38. The zero-order valence-electron chi connectivity index (χ0n) is 9.88. The molecule has 0 heterocycles. The first-order valence-electron chi connectivity index (χ1n) is 6.10. The summed E-state index contributed by atoms with van der Waals surface area (Å²) in [6, 6.07) is 0. The third-order valence-corrected chi connectivity index (χ3v) is 3.43. The van der Waals surface area contributed by atoms with Gasteiger partial charge in [0, 0.05) is 0 Å². The molecule has 0 saturated heterocycles. The van der Waals surface area contributed by atoms with Gasteiger partial charge in [-0.2, -0.15) is 0 Å². The first kappa shape index (κ1) is 12.4. The molecule has 0 aliphatic heterocycles. The summed E-state index contributed by atoms with van der Waals surface area (Å²) in [7, 11) is 0. The van der Waals surface area contributed by atoms with E-state index in [1.54, 1.807) is 0 Å². The zero-order valence-corrected chi connectivity index (χ0v) is 9.88. The molecule has 1 aliphatic carbocycles. The molecule has 0 aromatic rings. The summed E-state index contributed by atoms with van der Waals surface area (Å²) in [6.07, 6.45) is 8.36. The number of hydrogen-bond acceptors (Lipinski definition) is 2. The minimum absolute atomic E-state index is 0.0330. The molecule has 0 aromatic carbocycles. The first-order valence-corrected chi connectivity index (χ1v) is 6.10. The lowest BCUT2D eigenvalue weighted by atomic mass is 9.86. The molecule has 0 spiro atoms. The molecule has 2 heteroatoms. The van der Waals surface area contributed by atoms with Crippen LogP contribution in [-0.4, -0.2) is 16.5 Å². The molecule has 0 unspecified atom stereocenters. The van der Waals surface area contributed by atoms with Gasteiger partial charge in [-0.3, -0.25) is 4.79 Å². The topological polar surface area (TPSA) is 37.3 Å². The highest BCUT2D eigenvalue weighted by molar-refractivity contribution is 6.01. The van der Waals surface area contributed by atoms with Crippen molar-refractivity contribution in [1.29, 1.82) is 0 Å². The van der Waals surface area contributed by atoms with Crippen LogP contribution in [0, 0.1) is 0 Å². The summed E-state index contributed by atoms with van der Waals surface area (Å²) in [4.78, 5) is 12.1. The second-order valence-corrected chi connectivity index (χ2v) is 4.40. The van der Waals surface area contributed by atoms with E-state index in [4.69, 9.17) is 0 Å². The maximum Gasteiger partial charge on any atom is 0.189 e. The molecular formula is C13H22O2. The van der Waals surface area contributed by atoms with Gasteiger partial charge in [0.2, 0.25) is 0 Å². The number of rotatable bonds is 4. The molecule has 1 N–H and O–H groups in total. The standard InChI is InChI=1S/C13H22O2/c1-3-13(15,4-2)12(14)11-9-7-5-6-8-10-11/h9,15H,3-8,10H2,1-2H3. The van der Waals surface area contributed by atoms with Gasteiger partial charge in [-0.1, -0.05) is 26.3 Å². The van der Waals surface area contributed by atoms with Crippen LogP contribution in [0.3, 0.4) is 0 Å². The zero-order chi connectivity index (χ0) is 11.3. The van der Waals surface area contributed by atoms with Gasteiger partial charge in [0.05, 0.1) is 0 Å². The predicted molar refractivity (Wildman–Crippen MR) is 61.7 cm³/mol. The van der Waals surface area contributed by atoms with Crippen LogP contribution in [0.4, 0.5) is 0 Å². The average molecular weight is 210 g/mol. The molecule has 0 amide bonds. The highest BCUT2D eigenvalue weighted by atomic mass is 16.3. The Labute approximate surface area is 92.4 Å². The molecule has 86 valence electrons. The number of carbonyl (C=O) groups is 1. The van der Waals surface area contributed by atoms with Crippen LogP contribution in [-0.2, 0) is 4.79 Å². The van der Waals surface area contributed by atoms with Crippen molar-refractivity contribution in [2.75, 3.05) is 0 Å². The number of hydrogen-bond donors (Lipinski definition) is 1. The smallest absolute Gasteiger partial charge is 0.189 e. The summed E-state index contributed by atoms with van der Waals surface area (Å²) in [5.74, 6) is -0.0330. The number of aliphatic hydroxyl groups is 1. The third kappa shape index (κ3) is 2.91. The van der Waals surface area contributed by atoms with Crippen molar-refractivity contribution in [3.05, 3.63) is 11.6 Å². The van der Waals surface area contributed by atoms with E-state index < -0.39 is 5.60 Å². The second-order valence-electron chi connectivity index (χ2n) is 4.40. The van der Waals surface area contributed by atoms with Crippen LogP contribution >= 0.6 is 0 Å². The minimum atomic E-state index is -1.11. The van der Waals surface area contributed by atoms with Crippen LogP contribution < -0.4 is 0 Å². The van der Waals surface area contributed by atoms with E-state index in [0.717, 1.165) is 24.8 Å². The summed E-state index contributed by atoms with van der Waals surface area (Å²) >= 11 is 0. The van der Waals surface area contributed by atoms with Gasteiger partial charge in [0.25, 0.3) is 0 Å². The van der Waals surface area contributed by atoms with Gasteiger partial charge in [0.15, 0.2) is 5.78 Å². The minimum Gasteiger partial charge on any atom is -0.382 e. The molecule has 2 nitrogen and oxygen atoms in total. The Bertz CT molecular complexity index is 249. The molecule has 0 saturated carbocycles. The summed E-state index contributed by atoms with van der Waals surface area (Å²) < 4.78 is 0. The van der Waals surface area contributed by atoms with E-state index in [-0.39, 0.29) is 5.78 Å². The Kier molecular flexibility index (Phi) is 4.52. The third-order valence-electron chi connectivity index (χ3n) is 3.43. The number of Topliss-reactive ketones (excluding diaryl/α,β-unsaturated/α-hetero) is 1. The highest BCUT2D eigenvalue weighted by Gasteiger charge is 2.33. The van der Waals surface area contributed by atoms with Crippen molar-refractivity contribution < 1.29 is 9.90 Å². The Balaban J connectivity index is 2.77. The van der Waals surface area contributed by atoms with E-state index in [9.17, 15) is 9.90 Å². The number of carbonyl (C=O) groups excluding carboxylic acids is 1. The Morgan fingerprint density at radius 1 is 1.33 bits per heavy atom. The Morgan fingerprint density at radius 2 is 2.00 bits per heavy atom. The van der Waals surface area contributed by atoms with E-state index >= 15 is 0 Å². The maximum absolute atomic E-state index is 12.1. The molecule has 0 bridgehead atoms. The van der Waals surface area contributed by atoms with Gasteiger partial charge in [-0.15, -0.1) is 0 Å². The van der Waals surface area contributed by atoms with Crippen molar-refractivity contribution >= 4 is 5.78 Å². The summed E-state index contributed by atoms with van der Waals surface area (Å²) in [5.41, 5.74) is -0.255. The molecule has 15 heavy (non-hydrogen) atoms. The van der Waals surface area contributed by atoms with E-state index in [1.165, 1.54) is 12.8 Å². The molecular weight excluding hydrogens is 188 g/mol. The lowest BCUT2D eigenvalue weighted by Gasteiger charge is -2.24. The first-order chi connectivity index (χ1) is 7.14. The van der Waals surface area contributed by atoms with Crippen molar-refractivity contribution in [3.8, 4) is 0 Å². The molecule has 0 aromatic heterocycles. The van der Waals surface area contributed by atoms with Gasteiger partial charge >= 0.3 is 0 Å².